The van der Waals surface area contributed by atoms with E-state index in [1.807, 2.05) is 48.6 Å². The molecule has 6 nitrogen and oxygen atoms in total. The number of aromatic nitrogens is 2. The fraction of sp³-hybridized carbons (Fsp3) is 0.276. The van der Waals surface area contributed by atoms with Gasteiger partial charge in [-0.2, -0.15) is 0 Å². The molecule has 1 N–H and O–H groups in total. The molecule has 6 heteroatoms. The Bertz CT molecular complexity index is 1480. The molecule has 1 unspecified atom stereocenters. The van der Waals surface area contributed by atoms with Gasteiger partial charge in [0, 0.05) is 73.6 Å². The topological polar surface area (TPSA) is 69.3 Å². The van der Waals surface area contributed by atoms with Crippen molar-refractivity contribution in [3.63, 3.8) is 0 Å². The highest BCUT2D eigenvalue weighted by Gasteiger charge is 2.33. The van der Waals surface area contributed by atoms with Crippen LogP contribution in [0.4, 0.5) is 0 Å². The van der Waals surface area contributed by atoms with Crippen molar-refractivity contribution >= 4 is 22.8 Å². The Morgan fingerprint density at radius 2 is 1.86 bits per heavy atom. The average molecular weight is 465 g/mol. The number of H-pyrrole nitrogens is 1. The van der Waals surface area contributed by atoms with Gasteiger partial charge in [0.25, 0.3) is 11.8 Å². The van der Waals surface area contributed by atoms with Crippen molar-refractivity contribution in [1.82, 2.24) is 19.8 Å². The molecule has 0 spiro atoms. The molecule has 0 saturated heterocycles. The van der Waals surface area contributed by atoms with E-state index in [-0.39, 0.29) is 11.8 Å². The minimum atomic E-state index is -0.0155. The molecule has 0 fully saturated rings. The highest BCUT2D eigenvalue weighted by Crippen LogP contribution is 2.41. The molecule has 0 bridgehead atoms. The fourth-order valence-electron chi connectivity index (χ4n) is 5.68. The first kappa shape index (κ1) is 21.6. The number of likely N-dealkylation sites (N-methyl/N-ethyl adjacent to an activating group) is 1. The van der Waals surface area contributed by atoms with Crippen LogP contribution in [0.25, 0.3) is 33.3 Å². The number of fused-ring (bicyclic) bond motifs is 1. The summed E-state index contributed by atoms with van der Waals surface area (Å²) in [4.78, 5) is 36.7. The first-order chi connectivity index (χ1) is 16.9. The summed E-state index contributed by atoms with van der Waals surface area (Å²) in [5.41, 5.74) is 9.00. The van der Waals surface area contributed by atoms with E-state index < -0.39 is 0 Å². The number of carbonyl (C=O) groups is 2. The van der Waals surface area contributed by atoms with Crippen LogP contribution < -0.4 is 0 Å². The van der Waals surface area contributed by atoms with E-state index in [4.69, 9.17) is 4.98 Å². The molecule has 2 aromatic carbocycles. The van der Waals surface area contributed by atoms with E-state index in [9.17, 15) is 9.59 Å². The molecule has 1 aliphatic carbocycles. The normalized spacial score (nSPS) is 16.9. The Hall–Kier alpha value is -3.93. The second-order valence-corrected chi connectivity index (χ2v) is 9.97. The van der Waals surface area contributed by atoms with Crippen molar-refractivity contribution in [2.24, 2.45) is 0 Å². The number of nitrogens with one attached hydrogen (secondary N) is 1. The summed E-state index contributed by atoms with van der Waals surface area (Å²) in [7, 11) is 5.41. The lowest BCUT2D eigenvalue weighted by molar-refractivity contribution is 0.0759. The van der Waals surface area contributed by atoms with Gasteiger partial charge in [-0.25, -0.2) is 4.98 Å². The lowest BCUT2D eigenvalue weighted by Gasteiger charge is -2.36. The Morgan fingerprint density at radius 1 is 1.06 bits per heavy atom. The third kappa shape index (κ3) is 3.52. The van der Waals surface area contributed by atoms with Crippen LogP contribution in [0.3, 0.4) is 0 Å². The van der Waals surface area contributed by atoms with Crippen molar-refractivity contribution in [3.8, 4) is 22.3 Å². The Balaban J connectivity index is 1.43. The van der Waals surface area contributed by atoms with E-state index >= 15 is 0 Å². The second-order valence-electron chi connectivity index (χ2n) is 9.97. The molecule has 35 heavy (non-hydrogen) atoms. The largest absolute Gasteiger partial charge is 0.346 e. The minimum absolute atomic E-state index is 0.0155. The minimum Gasteiger partial charge on any atom is -0.346 e. The van der Waals surface area contributed by atoms with Crippen molar-refractivity contribution < 1.29 is 9.59 Å². The molecule has 0 radical (unpaired) electrons. The molecule has 2 aromatic heterocycles. The van der Waals surface area contributed by atoms with Crippen LogP contribution in [-0.2, 0) is 6.42 Å². The van der Waals surface area contributed by atoms with Crippen LogP contribution >= 0.6 is 0 Å². The van der Waals surface area contributed by atoms with Crippen LogP contribution in [0.2, 0.25) is 0 Å². The zero-order valence-corrected chi connectivity index (χ0v) is 20.3. The van der Waals surface area contributed by atoms with Gasteiger partial charge < -0.3 is 14.8 Å². The summed E-state index contributed by atoms with van der Waals surface area (Å²) in [6, 6.07) is 14.2. The number of rotatable bonds is 3. The van der Waals surface area contributed by atoms with E-state index in [0.717, 1.165) is 64.7 Å². The monoisotopic (exact) mass is 464 g/mol. The summed E-state index contributed by atoms with van der Waals surface area (Å²) in [6.07, 6.45) is 7.17. The SMILES string of the molecule is CN(C)C(=O)c1ccc(-c2c[nH]c3ncc(-c4cc5c6c(c4)C(=O)N(C)CC6CCC5)cc23)cc1. The van der Waals surface area contributed by atoms with E-state index in [1.54, 1.807) is 19.0 Å². The van der Waals surface area contributed by atoms with E-state index in [1.165, 1.54) is 11.1 Å². The van der Waals surface area contributed by atoms with Crippen molar-refractivity contribution in [1.29, 1.82) is 0 Å². The standard InChI is InChI=1S/C29H28N4O2/c1-32(2)28(34)18-9-7-17(8-10-18)25-15-31-27-23(25)13-22(14-30-27)21-11-19-5-4-6-20-16-33(3)29(35)24(12-21)26(19)20/h7-15,20H,4-6,16H2,1-3H3,(H,30,31). The lowest BCUT2D eigenvalue weighted by Crippen LogP contribution is -2.38. The molecule has 6 rings (SSSR count). The number of amides is 2. The third-order valence-corrected chi connectivity index (χ3v) is 7.46. The molecular weight excluding hydrogens is 436 g/mol. The number of benzene rings is 2. The second kappa shape index (κ2) is 8.08. The van der Waals surface area contributed by atoms with Crippen molar-refractivity contribution in [2.75, 3.05) is 27.7 Å². The third-order valence-electron chi connectivity index (χ3n) is 7.46. The number of aryl methyl sites for hydroxylation is 1. The Kier molecular flexibility index (Phi) is 4.99. The molecular formula is C29H28N4O2. The lowest BCUT2D eigenvalue weighted by atomic mass is 9.76. The predicted molar refractivity (Wildman–Crippen MR) is 138 cm³/mol. The number of carbonyl (C=O) groups excluding carboxylic acids is 2. The van der Waals surface area contributed by atoms with Crippen LogP contribution in [0.5, 0.6) is 0 Å². The molecule has 1 atom stereocenters. The zero-order chi connectivity index (χ0) is 24.3. The van der Waals surface area contributed by atoms with Crippen molar-refractivity contribution in [3.05, 3.63) is 77.1 Å². The molecule has 3 heterocycles. The molecule has 2 amide bonds. The van der Waals surface area contributed by atoms with Crippen LogP contribution in [0.1, 0.15) is 50.6 Å². The quantitative estimate of drug-likeness (QED) is 0.458. The summed E-state index contributed by atoms with van der Waals surface area (Å²) in [5.74, 6) is 0.549. The summed E-state index contributed by atoms with van der Waals surface area (Å²) in [5, 5.41) is 1.02. The summed E-state index contributed by atoms with van der Waals surface area (Å²) >= 11 is 0. The highest BCUT2D eigenvalue weighted by molar-refractivity contribution is 6.00. The maximum atomic E-state index is 13.0. The van der Waals surface area contributed by atoms with Gasteiger partial charge in [-0.1, -0.05) is 18.2 Å². The van der Waals surface area contributed by atoms with Gasteiger partial charge in [-0.05, 0) is 65.8 Å². The van der Waals surface area contributed by atoms with Gasteiger partial charge >= 0.3 is 0 Å². The van der Waals surface area contributed by atoms with Crippen LogP contribution in [0, 0.1) is 0 Å². The summed E-state index contributed by atoms with van der Waals surface area (Å²) in [6.45, 7) is 0.817. The van der Waals surface area contributed by atoms with Crippen LogP contribution in [0.15, 0.2) is 54.9 Å². The predicted octanol–water partition coefficient (Wildman–Crippen LogP) is 5.10. The van der Waals surface area contributed by atoms with Gasteiger partial charge in [0.2, 0.25) is 0 Å². The summed E-state index contributed by atoms with van der Waals surface area (Å²) < 4.78 is 0. The van der Waals surface area contributed by atoms with Gasteiger partial charge in [-0.15, -0.1) is 0 Å². The van der Waals surface area contributed by atoms with E-state index in [2.05, 4.69) is 23.2 Å². The first-order valence-corrected chi connectivity index (χ1v) is 12.1. The van der Waals surface area contributed by atoms with Crippen LogP contribution in [-0.4, -0.2) is 59.3 Å². The fourth-order valence-corrected chi connectivity index (χ4v) is 5.68. The Morgan fingerprint density at radius 3 is 2.63 bits per heavy atom. The number of pyridine rings is 1. The smallest absolute Gasteiger partial charge is 0.253 e. The highest BCUT2D eigenvalue weighted by atomic mass is 16.2. The Labute approximate surface area is 204 Å². The first-order valence-electron chi connectivity index (χ1n) is 12.1. The molecule has 4 aromatic rings. The average Bonchev–Trinajstić information content (AvgIpc) is 3.30. The number of hydrogen-bond donors (Lipinski definition) is 1. The maximum absolute atomic E-state index is 13.0. The number of aromatic amines is 1. The molecule has 0 saturated carbocycles. The maximum Gasteiger partial charge on any atom is 0.253 e. The van der Waals surface area contributed by atoms with Gasteiger partial charge in [0.05, 0.1) is 0 Å². The number of hydrogen-bond acceptors (Lipinski definition) is 3. The molecule has 176 valence electrons. The number of nitrogens with zero attached hydrogens (tertiary/aromatic N) is 3. The zero-order valence-electron chi connectivity index (χ0n) is 20.3. The molecule has 1 aliphatic heterocycles. The van der Waals surface area contributed by atoms with Gasteiger partial charge in [0.1, 0.15) is 5.65 Å². The van der Waals surface area contributed by atoms with Crippen molar-refractivity contribution in [2.45, 2.75) is 25.2 Å². The van der Waals surface area contributed by atoms with E-state index in [0.29, 0.717) is 11.5 Å². The van der Waals surface area contributed by atoms with Gasteiger partial charge in [-0.3, -0.25) is 9.59 Å². The molecule has 2 aliphatic rings. The van der Waals surface area contributed by atoms with Gasteiger partial charge in [0.15, 0.2) is 0 Å².